The maximum atomic E-state index is 11.6. The van der Waals surface area contributed by atoms with Crippen molar-refractivity contribution in [1.82, 2.24) is 15.3 Å². The van der Waals surface area contributed by atoms with Crippen molar-refractivity contribution in [3.63, 3.8) is 0 Å². The van der Waals surface area contributed by atoms with E-state index in [1.54, 1.807) is 0 Å². The zero-order valence-electron chi connectivity index (χ0n) is 14.3. The van der Waals surface area contributed by atoms with E-state index >= 15 is 0 Å². The number of fused-ring (bicyclic) bond motifs is 1. The molecule has 2 heterocycles. The molecule has 126 valence electrons. The van der Waals surface area contributed by atoms with E-state index < -0.39 is 0 Å². The van der Waals surface area contributed by atoms with Gasteiger partial charge in [-0.05, 0) is 55.5 Å². The summed E-state index contributed by atoms with van der Waals surface area (Å²) in [6.07, 6.45) is 4.45. The van der Waals surface area contributed by atoms with Crippen molar-refractivity contribution in [3.05, 3.63) is 59.8 Å². The summed E-state index contributed by atoms with van der Waals surface area (Å²) in [7, 11) is 0. The lowest BCUT2D eigenvalue weighted by Gasteiger charge is -2.22. The molecule has 0 spiro atoms. The van der Waals surface area contributed by atoms with Gasteiger partial charge in [0.05, 0.1) is 22.9 Å². The monoisotopic (exact) mass is 331 g/mol. The minimum Gasteiger partial charge on any atom is -0.356 e. The summed E-state index contributed by atoms with van der Waals surface area (Å²) in [5, 5.41) is 2.91. The number of carbonyl (C=O) groups excluding carboxylic acids is 1. The lowest BCUT2D eigenvalue weighted by molar-refractivity contribution is -0.123. The van der Waals surface area contributed by atoms with Crippen molar-refractivity contribution >= 4 is 16.9 Å². The molecule has 1 atom stereocenters. The molecule has 1 aliphatic heterocycles. The van der Waals surface area contributed by atoms with E-state index in [4.69, 9.17) is 4.98 Å². The highest BCUT2D eigenvalue weighted by molar-refractivity contribution is 5.77. The number of nitrogens with zero attached hydrogens (tertiary/aromatic N) is 2. The van der Waals surface area contributed by atoms with Crippen LogP contribution in [0.4, 0.5) is 0 Å². The summed E-state index contributed by atoms with van der Waals surface area (Å²) in [5.41, 5.74) is 6.28. The van der Waals surface area contributed by atoms with Crippen LogP contribution in [0.5, 0.6) is 0 Å². The fourth-order valence-corrected chi connectivity index (χ4v) is 3.58. The van der Waals surface area contributed by atoms with Gasteiger partial charge in [0.1, 0.15) is 0 Å². The Morgan fingerprint density at radius 3 is 2.84 bits per heavy atom. The SMILES string of the molecule is Cc1cc(CC2CCNC(=O)C2)cc(-c2cnc3ccccc3n2)c1. The Morgan fingerprint density at radius 1 is 1.16 bits per heavy atom. The highest BCUT2D eigenvalue weighted by atomic mass is 16.1. The quantitative estimate of drug-likeness (QED) is 0.796. The van der Waals surface area contributed by atoms with Crippen LogP contribution in [0.2, 0.25) is 0 Å². The predicted octanol–water partition coefficient (Wildman–Crippen LogP) is 3.67. The van der Waals surface area contributed by atoms with Gasteiger partial charge in [0, 0.05) is 18.5 Å². The highest BCUT2D eigenvalue weighted by Gasteiger charge is 2.19. The van der Waals surface area contributed by atoms with Crippen LogP contribution in [0.15, 0.2) is 48.7 Å². The second kappa shape index (κ2) is 6.63. The smallest absolute Gasteiger partial charge is 0.220 e. The van der Waals surface area contributed by atoms with Gasteiger partial charge < -0.3 is 5.32 Å². The van der Waals surface area contributed by atoms with Crippen LogP contribution in [-0.2, 0) is 11.2 Å². The largest absolute Gasteiger partial charge is 0.356 e. The van der Waals surface area contributed by atoms with Crippen LogP contribution < -0.4 is 5.32 Å². The Balaban J connectivity index is 1.65. The van der Waals surface area contributed by atoms with Gasteiger partial charge in [-0.3, -0.25) is 9.78 Å². The number of aromatic nitrogens is 2. The summed E-state index contributed by atoms with van der Waals surface area (Å²) in [6, 6.07) is 14.5. The molecule has 1 saturated heterocycles. The highest BCUT2D eigenvalue weighted by Crippen LogP contribution is 2.25. The summed E-state index contributed by atoms with van der Waals surface area (Å²) >= 11 is 0. The third kappa shape index (κ3) is 3.53. The van der Waals surface area contributed by atoms with E-state index in [0.717, 1.165) is 41.7 Å². The molecule has 1 unspecified atom stereocenters. The molecule has 1 aromatic heterocycles. The molecule has 25 heavy (non-hydrogen) atoms. The molecule has 1 amide bonds. The number of carbonyl (C=O) groups is 1. The van der Waals surface area contributed by atoms with Crippen molar-refractivity contribution in [3.8, 4) is 11.3 Å². The van der Waals surface area contributed by atoms with Crippen LogP contribution in [0.3, 0.4) is 0 Å². The van der Waals surface area contributed by atoms with Crippen molar-refractivity contribution in [2.24, 2.45) is 5.92 Å². The number of para-hydroxylation sites is 2. The number of amides is 1. The topological polar surface area (TPSA) is 54.9 Å². The molecule has 4 heteroatoms. The molecule has 4 rings (SSSR count). The number of nitrogens with one attached hydrogen (secondary N) is 1. The summed E-state index contributed by atoms with van der Waals surface area (Å²) in [4.78, 5) is 20.9. The van der Waals surface area contributed by atoms with Crippen LogP contribution in [0, 0.1) is 12.8 Å². The third-order valence-electron chi connectivity index (χ3n) is 4.75. The van der Waals surface area contributed by atoms with E-state index in [1.807, 2.05) is 30.5 Å². The Kier molecular flexibility index (Phi) is 4.18. The van der Waals surface area contributed by atoms with Gasteiger partial charge in [-0.2, -0.15) is 0 Å². The Morgan fingerprint density at radius 2 is 2.00 bits per heavy atom. The number of benzene rings is 2. The van der Waals surface area contributed by atoms with E-state index in [1.165, 1.54) is 11.1 Å². The number of hydrogen-bond donors (Lipinski definition) is 1. The van der Waals surface area contributed by atoms with Gasteiger partial charge in [-0.1, -0.05) is 23.8 Å². The van der Waals surface area contributed by atoms with Gasteiger partial charge >= 0.3 is 0 Å². The standard InChI is InChI=1S/C21H21N3O/c1-14-8-16(10-15-6-7-22-21(25)12-15)11-17(9-14)20-13-23-18-4-2-3-5-19(18)24-20/h2-5,8-9,11,13,15H,6-7,10,12H2,1H3,(H,22,25). The molecule has 0 bridgehead atoms. The molecule has 0 aliphatic carbocycles. The minimum atomic E-state index is 0.171. The first-order valence-electron chi connectivity index (χ1n) is 8.77. The predicted molar refractivity (Wildman–Crippen MR) is 99.1 cm³/mol. The first-order chi connectivity index (χ1) is 12.2. The fourth-order valence-electron chi connectivity index (χ4n) is 3.58. The summed E-state index contributed by atoms with van der Waals surface area (Å²) in [6.45, 7) is 2.90. The molecular formula is C21H21N3O. The van der Waals surface area contributed by atoms with Crippen molar-refractivity contribution in [1.29, 1.82) is 0 Å². The average molecular weight is 331 g/mol. The van der Waals surface area contributed by atoms with Crippen molar-refractivity contribution in [2.45, 2.75) is 26.2 Å². The molecule has 1 fully saturated rings. The average Bonchev–Trinajstić information content (AvgIpc) is 2.61. The van der Waals surface area contributed by atoms with Crippen molar-refractivity contribution in [2.75, 3.05) is 6.54 Å². The zero-order chi connectivity index (χ0) is 17.2. The second-order valence-electron chi connectivity index (χ2n) is 6.86. The normalized spacial score (nSPS) is 17.5. The van der Waals surface area contributed by atoms with E-state index in [9.17, 15) is 4.79 Å². The lowest BCUT2D eigenvalue weighted by Crippen LogP contribution is -2.34. The Labute approximate surface area is 147 Å². The second-order valence-corrected chi connectivity index (χ2v) is 6.86. The fraction of sp³-hybridized carbons (Fsp3) is 0.286. The van der Waals surface area contributed by atoms with E-state index in [-0.39, 0.29) is 5.91 Å². The summed E-state index contributed by atoms with van der Waals surface area (Å²) in [5.74, 6) is 0.593. The molecule has 4 nitrogen and oxygen atoms in total. The molecule has 1 aliphatic rings. The number of aryl methyl sites for hydroxylation is 1. The Bertz CT molecular complexity index is 935. The van der Waals surface area contributed by atoms with Gasteiger partial charge in [0.15, 0.2) is 0 Å². The van der Waals surface area contributed by atoms with Crippen LogP contribution in [0.1, 0.15) is 24.0 Å². The molecule has 0 radical (unpaired) electrons. The lowest BCUT2D eigenvalue weighted by atomic mass is 9.89. The van der Waals surface area contributed by atoms with Gasteiger partial charge in [0.25, 0.3) is 0 Å². The van der Waals surface area contributed by atoms with Crippen LogP contribution in [0.25, 0.3) is 22.3 Å². The first-order valence-corrected chi connectivity index (χ1v) is 8.77. The number of piperidine rings is 1. The van der Waals surface area contributed by atoms with Crippen molar-refractivity contribution < 1.29 is 4.79 Å². The van der Waals surface area contributed by atoms with Gasteiger partial charge in [-0.25, -0.2) is 4.98 Å². The summed E-state index contributed by atoms with van der Waals surface area (Å²) < 4.78 is 0. The maximum Gasteiger partial charge on any atom is 0.220 e. The molecular weight excluding hydrogens is 310 g/mol. The minimum absolute atomic E-state index is 0.171. The van der Waals surface area contributed by atoms with Crippen LogP contribution >= 0.6 is 0 Å². The first kappa shape index (κ1) is 15.8. The molecule has 3 aromatic rings. The van der Waals surface area contributed by atoms with E-state index in [2.05, 4.69) is 35.4 Å². The van der Waals surface area contributed by atoms with E-state index in [0.29, 0.717) is 12.3 Å². The molecule has 0 saturated carbocycles. The van der Waals surface area contributed by atoms with Gasteiger partial charge in [0.2, 0.25) is 5.91 Å². The molecule has 1 N–H and O–H groups in total. The zero-order valence-corrected chi connectivity index (χ0v) is 14.3. The van der Waals surface area contributed by atoms with Gasteiger partial charge in [-0.15, -0.1) is 0 Å². The number of hydrogen-bond acceptors (Lipinski definition) is 3. The molecule has 2 aromatic carbocycles. The Hall–Kier alpha value is -2.75. The van der Waals surface area contributed by atoms with Crippen LogP contribution in [-0.4, -0.2) is 22.4 Å². The number of rotatable bonds is 3. The third-order valence-corrected chi connectivity index (χ3v) is 4.75. The maximum absolute atomic E-state index is 11.6.